The van der Waals surface area contributed by atoms with Gasteiger partial charge in [-0.3, -0.25) is 9.59 Å². The summed E-state index contributed by atoms with van der Waals surface area (Å²) < 4.78 is 61.3. The molecule has 0 spiro atoms. The molecule has 2 atom stereocenters. The lowest BCUT2D eigenvalue weighted by Gasteiger charge is -2.30. The number of hydrogen-bond donors (Lipinski definition) is 1. The average molecular weight is 667 g/mol. The number of piperidine rings is 1. The van der Waals surface area contributed by atoms with Gasteiger partial charge in [0.2, 0.25) is 6.36 Å². The number of halogens is 5. The molecule has 0 bridgehead atoms. The van der Waals surface area contributed by atoms with Crippen molar-refractivity contribution in [3.05, 3.63) is 69.2 Å². The summed E-state index contributed by atoms with van der Waals surface area (Å²) in [7, 11) is 0. The number of amides is 1. The molecule has 0 radical (unpaired) electrons. The first-order valence-electron chi connectivity index (χ1n) is 14.6. The summed E-state index contributed by atoms with van der Waals surface area (Å²) in [5, 5.41) is 3.47. The minimum Gasteiger partial charge on any atom is -0.431 e. The number of pyridine rings is 1. The van der Waals surface area contributed by atoms with Crippen LogP contribution in [0.15, 0.2) is 46.9 Å². The molecule has 1 N–H and O–H groups in total. The minimum absolute atomic E-state index is 0.0386. The molecule has 0 saturated carbocycles. The second kappa shape index (κ2) is 14.5. The van der Waals surface area contributed by atoms with Gasteiger partial charge in [0, 0.05) is 53.8 Å². The Kier molecular flexibility index (Phi) is 11.0. The van der Waals surface area contributed by atoms with Gasteiger partial charge in [0.05, 0.1) is 16.6 Å². The molecule has 6 nitrogen and oxygen atoms in total. The van der Waals surface area contributed by atoms with Crippen molar-refractivity contribution in [1.29, 1.82) is 0 Å². The Bertz CT molecular complexity index is 1440. The number of aromatic nitrogens is 1. The second-order valence-electron chi connectivity index (χ2n) is 10.9. The average Bonchev–Trinajstić information content (AvgIpc) is 2.97. The third-order valence-corrected chi connectivity index (χ3v) is 8.23. The lowest BCUT2D eigenvalue weighted by atomic mass is 9.89. The summed E-state index contributed by atoms with van der Waals surface area (Å²) in [6.07, 6.45) is -3.12. The zero-order chi connectivity index (χ0) is 31.1. The van der Waals surface area contributed by atoms with E-state index in [0.717, 1.165) is 42.9 Å². The lowest BCUT2D eigenvalue weighted by Crippen LogP contribution is -2.33. The molecule has 2 heterocycles. The Morgan fingerprint density at radius 3 is 2.51 bits per heavy atom. The van der Waals surface area contributed by atoms with E-state index >= 15 is 0 Å². The van der Waals surface area contributed by atoms with Gasteiger partial charge >= 0.3 is 12.1 Å². The second-order valence-corrected chi connectivity index (χ2v) is 11.8. The van der Waals surface area contributed by atoms with Crippen molar-refractivity contribution in [2.24, 2.45) is 0 Å². The molecule has 11 heteroatoms. The predicted molar refractivity (Wildman–Crippen MR) is 162 cm³/mol. The maximum absolute atomic E-state index is 14.0. The van der Waals surface area contributed by atoms with Crippen LogP contribution in [0.25, 0.3) is 10.9 Å². The normalized spacial score (nSPS) is 15.3. The maximum Gasteiger partial charge on any atom is 0.416 e. The van der Waals surface area contributed by atoms with E-state index in [0.29, 0.717) is 34.3 Å². The van der Waals surface area contributed by atoms with E-state index in [4.69, 9.17) is 9.72 Å². The van der Waals surface area contributed by atoms with Crippen LogP contribution >= 0.6 is 15.9 Å². The van der Waals surface area contributed by atoms with Gasteiger partial charge in [0.1, 0.15) is 5.82 Å². The summed E-state index contributed by atoms with van der Waals surface area (Å²) in [5.74, 6) is -1.46. The van der Waals surface area contributed by atoms with Crippen LogP contribution in [0, 0.1) is 6.92 Å². The molecule has 1 aliphatic rings. The highest BCUT2D eigenvalue weighted by molar-refractivity contribution is 9.10. The number of alkyl halides is 4. The molecular formula is C32H36BrF4N3O3. The largest absolute Gasteiger partial charge is 0.431 e. The molecule has 0 aliphatic carbocycles. The van der Waals surface area contributed by atoms with Crippen LogP contribution in [0.2, 0.25) is 0 Å². The van der Waals surface area contributed by atoms with Crippen molar-refractivity contribution < 1.29 is 31.9 Å². The van der Waals surface area contributed by atoms with Crippen molar-refractivity contribution in [1.82, 2.24) is 10.3 Å². The van der Waals surface area contributed by atoms with Crippen molar-refractivity contribution in [2.45, 2.75) is 77.2 Å². The maximum atomic E-state index is 14.0. The highest BCUT2D eigenvalue weighted by Gasteiger charge is 2.35. The number of carbonyl (C=O) groups is 2. The first kappa shape index (κ1) is 32.7. The fourth-order valence-corrected chi connectivity index (χ4v) is 5.95. The molecule has 1 amide bonds. The fourth-order valence-electron chi connectivity index (χ4n) is 5.59. The molecule has 1 saturated heterocycles. The van der Waals surface area contributed by atoms with Gasteiger partial charge in [0.15, 0.2) is 0 Å². The summed E-state index contributed by atoms with van der Waals surface area (Å²) in [6.45, 7) is 5.05. The number of esters is 1. The monoisotopic (exact) mass is 665 g/mol. The van der Waals surface area contributed by atoms with Crippen LogP contribution in [-0.2, 0) is 15.7 Å². The van der Waals surface area contributed by atoms with E-state index in [-0.39, 0.29) is 31.4 Å². The molecule has 1 aromatic heterocycles. The standard InChI is InChI=1S/C32H36BrF4N3O3/c1-3-9-27(34)43-28(41)15-12-21(23-10-5-6-11-25(23)32(35,36)37)19-38-31(42)29-20(2)30(40-16-7-4-8-17-40)39-26-14-13-22(33)18-24(26)29/h5-6,10-11,13-14,18,21,27H,3-4,7-9,12,15-17,19H2,1-2H3,(H,38,42). The number of hydrogen-bond acceptors (Lipinski definition) is 5. The first-order chi connectivity index (χ1) is 20.5. The number of nitrogens with zero attached hydrogens (tertiary/aromatic N) is 2. The number of anilines is 1. The van der Waals surface area contributed by atoms with Gasteiger partial charge in [-0.05, 0) is 68.9 Å². The summed E-state index contributed by atoms with van der Waals surface area (Å²) in [4.78, 5) is 33.2. The molecule has 1 aliphatic heterocycles. The Morgan fingerprint density at radius 1 is 1.09 bits per heavy atom. The number of fused-ring (bicyclic) bond motifs is 1. The van der Waals surface area contributed by atoms with Crippen molar-refractivity contribution in [2.75, 3.05) is 24.5 Å². The van der Waals surface area contributed by atoms with E-state index in [1.54, 1.807) is 13.0 Å². The highest BCUT2D eigenvalue weighted by Crippen LogP contribution is 2.37. The van der Waals surface area contributed by atoms with Crippen LogP contribution in [0.3, 0.4) is 0 Å². The zero-order valence-electron chi connectivity index (χ0n) is 24.3. The Balaban J connectivity index is 1.65. The fraction of sp³-hybridized carbons (Fsp3) is 0.469. The van der Waals surface area contributed by atoms with E-state index < -0.39 is 35.9 Å². The molecule has 3 aromatic rings. The van der Waals surface area contributed by atoms with Crippen molar-refractivity contribution in [3.63, 3.8) is 0 Å². The van der Waals surface area contributed by atoms with Gasteiger partial charge in [0.25, 0.3) is 5.91 Å². The van der Waals surface area contributed by atoms with Crippen LogP contribution < -0.4 is 10.2 Å². The molecule has 2 unspecified atom stereocenters. The molecule has 232 valence electrons. The van der Waals surface area contributed by atoms with Crippen molar-refractivity contribution >= 4 is 44.5 Å². The Labute approximate surface area is 257 Å². The number of benzene rings is 2. The number of nitrogens with one attached hydrogen (secondary N) is 1. The van der Waals surface area contributed by atoms with E-state index in [1.807, 2.05) is 19.1 Å². The zero-order valence-corrected chi connectivity index (χ0v) is 25.9. The van der Waals surface area contributed by atoms with Crippen LogP contribution in [0.4, 0.5) is 23.4 Å². The number of rotatable bonds is 11. The lowest BCUT2D eigenvalue weighted by molar-refractivity contribution is -0.158. The van der Waals surface area contributed by atoms with Gasteiger partial charge < -0.3 is 15.0 Å². The van der Waals surface area contributed by atoms with E-state index in [9.17, 15) is 27.2 Å². The van der Waals surface area contributed by atoms with E-state index in [1.165, 1.54) is 18.2 Å². The smallest absolute Gasteiger partial charge is 0.416 e. The van der Waals surface area contributed by atoms with Crippen molar-refractivity contribution in [3.8, 4) is 0 Å². The molecular weight excluding hydrogens is 630 g/mol. The van der Waals surface area contributed by atoms with Gasteiger partial charge in [-0.15, -0.1) is 0 Å². The molecule has 43 heavy (non-hydrogen) atoms. The van der Waals surface area contributed by atoms with Crippen LogP contribution in [0.1, 0.15) is 84.8 Å². The summed E-state index contributed by atoms with van der Waals surface area (Å²) in [6, 6.07) is 10.6. The Morgan fingerprint density at radius 2 is 1.81 bits per heavy atom. The quantitative estimate of drug-likeness (QED) is 0.165. The predicted octanol–water partition coefficient (Wildman–Crippen LogP) is 8.25. The summed E-state index contributed by atoms with van der Waals surface area (Å²) >= 11 is 3.47. The van der Waals surface area contributed by atoms with Gasteiger partial charge in [-0.2, -0.15) is 13.2 Å². The third kappa shape index (κ3) is 8.25. The molecule has 4 rings (SSSR count). The van der Waals surface area contributed by atoms with E-state index in [2.05, 4.69) is 26.1 Å². The van der Waals surface area contributed by atoms with Gasteiger partial charge in [-0.1, -0.05) is 41.1 Å². The first-order valence-corrected chi connectivity index (χ1v) is 15.4. The van der Waals surface area contributed by atoms with Crippen LogP contribution in [0.5, 0.6) is 0 Å². The van der Waals surface area contributed by atoms with Gasteiger partial charge in [-0.25, -0.2) is 9.37 Å². The summed E-state index contributed by atoms with van der Waals surface area (Å²) in [5.41, 5.74) is 0.814. The highest BCUT2D eigenvalue weighted by atomic mass is 79.9. The molecule has 2 aromatic carbocycles. The SMILES string of the molecule is CCCC(F)OC(=O)CCC(CNC(=O)c1c(C)c(N2CCCCC2)nc2ccc(Br)cc12)c1ccccc1C(F)(F)F. The number of carbonyl (C=O) groups excluding carboxylic acids is 2. The third-order valence-electron chi connectivity index (χ3n) is 7.73. The topological polar surface area (TPSA) is 71.5 Å². The Hall–Kier alpha value is -3.21. The molecule has 1 fully saturated rings. The van der Waals surface area contributed by atoms with Crippen LogP contribution in [-0.4, -0.2) is 42.9 Å². The minimum atomic E-state index is -4.64. The number of ether oxygens (including phenoxy) is 1.